The molecule has 1 aromatic rings. The van der Waals surface area contributed by atoms with E-state index < -0.39 is 11.7 Å². The van der Waals surface area contributed by atoms with Gasteiger partial charge >= 0.3 is 0 Å². The summed E-state index contributed by atoms with van der Waals surface area (Å²) in [5.41, 5.74) is 5.43. The largest absolute Gasteiger partial charge is 0.396 e. The molecule has 1 amide bonds. The lowest BCUT2D eigenvalue weighted by Gasteiger charge is -2.28. The minimum absolute atomic E-state index is 0.00340. The van der Waals surface area contributed by atoms with Crippen LogP contribution in [-0.4, -0.2) is 23.7 Å². The van der Waals surface area contributed by atoms with E-state index in [9.17, 15) is 9.18 Å². The molecular weight excluding hydrogens is 318 g/mol. The normalized spacial score (nSPS) is 22.1. The molecule has 0 aromatic heterocycles. The summed E-state index contributed by atoms with van der Waals surface area (Å²) in [6.45, 7) is 0.172. The van der Waals surface area contributed by atoms with E-state index in [1.54, 1.807) is 0 Å². The van der Waals surface area contributed by atoms with Gasteiger partial charge in [-0.15, -0.1) is 0 Å². The van der Waals surface area contributed by atoms with Crippen LogP contribution in [0.3, 0.4) is 0 Å². The summed E-state index contributed by atoms with van der Waals surface area (Å²) in [5.74, 6) is -0.937. The van der Waals surface area contributed by atoms with Crippen molar-refractivity contribution in [3.8, 4) is 0 Å². The fourth-order valence-corrected chi connectivity index (χ4v) is 2.97. The van der Waals surface area contributed by atoms with Gasteiger partial charge in [0.05, 0.1) is 16.3 Å². The average Bonchev–Trinajstić information content (AvgIpc) is 2.49. The topological polar surface area (TPSA) is 75.4 Å². The first-order chi connectivity index (χ1) is 9.93. The minimum atomic E-state index is -0.771. The highest BCUT2D eigenvalue weighted by Crippen LogP contribution is 2.33. The van der Waals surface area contributed by atoms with E-state index >= 15 is 0 Å². The molecule has 0 unspecified atom stereocenters. The maximum atomic E-state index is 13.6. The molecule has 0 heterocycles. The molecule has 1 fully saturated rings. The van der Waals surface area contributed by atoms with Crippen molar-refractivity contribution in [2.24, 2.45) is 5.92 Å². The van der Waals surface area contributed by atoms with Crippen molar-refractivity contribution in [3.05, 3.63) is 27.5 Å². The molecule has 0 atom stereocenters. The Balaban J connectivity index is 2.08. The molecular formula is C14H17Cl2FN2O2. The van der Waals surface area contributed by atoms with Crippen LogP contribution < -0.4 is 11.1 Å². The second-order valence-corrected chi connectivity index (χ2v) is 6.08. The van der Waals surface area contributed by atoms with Crippen molar-refractivity contribution in [1.82, 2.24) is 5.32 Å². The zero-order valence-corrected chi connectivity index (χ0v) is 12.8. The summed E-state index contributed by atoms with van der Waals surface area (Å²) in [5, 5.41) is 11.6. The number of hydrogen-bond donors (Lipinski definition) is 3. The quantitative estimate of drug-likeness (QED) is 0.587. The number of nitrogens with one attached hydrogen (secondary N) is 1. The maximum absolute atomic E-state index is 13.6. The Kier molecular flexibility index (Phi) is 5.30. The van der Waals surface area contributed by atoms with Crippen LogP contribution in [-0.2, 0) is 0 Å². The number of aliphatic hydroxyl groups is 1. The Morgan fingerprint density at radius 1 is 1.33 bits per heavy atom. The van der Waals surface area contributed by atoms with Crippen molar-refractivity contribution in [2.75, 3.05) is 12.3 Å². The minimum Gasteiger partial charge on any atom is -0.396 e. The Hall–Kier alpha value is -1.04. The van der Waals surface area contributed by atoms with E-state index in [1.165, 1.54) is 0 Å². The molecule has 1 saturated carbocycles. The first-order valence-electron chi connectivity index (χ1n) is 6.78. The molecule has 4 nitrogen and oxygen atoms in total. The van der Waals surface area contributed by atoms with Crippen LogP contribution in [0.5, 0.6) is 0 Å². The Labute approximate surface area is 132 Å². The zero-order chi connectivity index (χ0) is 15.6. The van der Waals surface area contributed by atoms with Gasteiger partial charge in [0, 0.05) is 12.6 Å². The predicted octanol–water partition coefficient (Wildman–Crippen LogP) is 3.00. The summed E-state index contributed by atoms with van der Waals surface area (Å²) in [6.07, 6.45) is 3.26. The van der Waals surface area contributed by atoms with Crippen LogP contribution in [0, 0.1) is 11.7 Å². The van der Waals surface area contributed by atoms with Gasteiger partial charge in [-0.05, 0) is 37.7 Å². The number of nitrogen functional groups attached to an aromatic ring is 1. The highest BCUT2D eigenvalue weighted by atomic mass is 35.5. The van der Waals surface area contributed by atoms with E-state index in [1.807, 2.05) is 0 Å². The number of benzene rings is 1. The van der Waals surface area contributed by atoms with Crippen LogP contribution in [0.4, 0.5) is 10.1 Å². The van der Waals surface area contributed by atoms with Crippen molar-refractivity contribution < 1.29 is 14.3 Å². The van der Waals surface area contributed by atoms with Crippen molar-refractivity contribution in [1.29, 1.82) is 0 Å². The van der Waals surface area contributed by atoms with Gasteiger partial charge in [-0.25, -0.2) is 4.39 Å². The lowest BCUT2D eigenvalue weighted by Crippen LogP contribution is -2.38. The zero-order valence-electron chi connectivity index (χ0n) is 11.3. The third-order valence-corrected chi connectivity index (χ3v) is 4.67. The summed E-state index contributed by atoms with van der Waals surface area (Å²) < 4.78 is 13.6. The standard InChI is InChI=1S/C14H17Cl2FN2O2/c15-11-9(5-10(17)12(16)13(11)18)14(21)19-8-3-1-7(6-20)2-4-8/h5,7-8,20H,1-4,6,18H2,(H,19,21). The van der Waals surface area contributed by atoms with Crippen molar-refractivity contribution in [3.63, 3.8) is 0 Å². The second kappa shape index (κ2) is 6.81. The number of hydrogen-bond acceptors (Lipinski definition) is 3. The first kappa shape index (κ1) is 16.3. The Morgan fingerprint density at radius 3 is 2.52 bits per heavy atom. The lowest BCUT2D eigenvalue weighted by molar-refractivity contribution is 0.0913. The number of nitrogens with two attached hydrogens (primary N) is 1. The van der Waals surface area contributed by atoms with Crippen LogP contribution in [0.25, 0.3) is 0 Å². The molecule has 4 N–H and O–H groups in total. The van der Waals surface area contributed by atoms with Gasteiger partial charge in [-0.1, -0.05) is 23.2 Å². The fraction of sp³-hybridized carbons (Fsp3) is 0.500. The summed E-state index contributed by atoms with van der Waals surface area (Å²) in [7, 11) is 0. The first-order valence-corrected chi connectivity index (χ1v) is 7.54. The SMILES string of the molecule is Nc1c(Cl)c(F)cc(C(=O)NC2CCC(CO)CC2)c1Cl. The van der Waals surface area contributed by atoms with E-state index in [0.29, 0.717) is 5.92 Å². The predicted molar refractivity (Wildman–Crippen MR) is 81.1 cm³/mol. The molecule has 1 aliphatic carbocycles. The van der Waals surface area contributed by atoms with E-state index in [0.717, 1.165) is 31.7 Å². The molecule has 2 rings (SSSR count). The van der Waals surface area contributed by atoms with Gasteiger partial charge in [0.15, 0.2) is 0 Å². The molecule has 116 valence electrons. The summed E-state index contributed by atoms with van der Waals surface area (Å²) in [4.78, 5) is 12.2. The molecule has 0 bridgehead atoms. The molecule has 0 spiro atoms. The van der Waals surface area contributed by atoms with Gasteiger partial charge < -0.3 is 16.2 Å². The van der Waals surface area contributed by atoms with Gasteiger partial charge in [0.25, 0.3) is 5.91 Å². The molecule has 1 aliphatic rings. The van der Waals surface area contributed by atoms with E-state index in [4.69, 9.17) is 34.0 Å². The van der Waals surface area contributed by atoms with E-state index in [2.05, 4.69) is 5.32 Å². The van der Waals surface area contributed by atoms with Crippen molar-refractivity contribution in [2.45, 2.75) is 31.7 Å². The molecule has 0 aliphatic heterocycles. The highest BCUT2D eigenvalue weighted by molar-refractivity contribution is 6.40. The van der Waals surface area contributed by atoms with Gasteiger partial charge in [-0.3, -0.25) is 4.79 Å². The Morgan fingerprint density at radius 2 is 1.95 bits per heavy atom. The number of anilines is 1. The van der Waals surface area contributed by atoms with Gasteiger partial charge in [0.2, 0.25) is 0 Å². The third-order valence-electron chi connectivity index (χ3n) is 3.87. The third kappa shape index (κ3) is 3.59. The summed E-state index contributed by atoms with van der Waals surface area (Å²) >= 11 is 11.6. The molecule has 7 heteroatoms. The molecule has 0 saturated heterocycles. The number of rotatable bonds is 3. The maximum Gasteiger partial charge on any atom is 0.253 e. The second-order valence-electron chi connectivity index (χ2n) is 5.32. The van der Waals surface area contributed by atoms with E-state index in [-0.39, 0.29) is 33.9 Å². The summed E-state index contributed by atoms with van der Waals surface area (Å²) in [6, 6.07) is 0.992. The van der Waals surface area contributed by atoms with Gasteiger partial charge in [0.1, 0.15) is 10.8 Å². The van der Waals surface area contributed by atoms with Crippen LogP contribution in [0.1, 0.15) is 36.0 Å². The van der Waals surface area contributed by atoms with Crippen molar-refractivity contribution >= 4 is 34.8 Å². The smallest absolute Gasteiger partial charge is 0.253 e. The molecule has 21 heavy (non-hydrogen) atoms. The van der Waals surface area contributed by atoms with Crippen LogP contribution in [0.15, 0.2) is 6.07 Å². The average molecular weight is 335 g/mol. The number of aliphatic hydroxyl groups excluding tert-OH is 1. The Bertz CT molecular complexity index is 546. The number of carbonyl (C=O) groups excluding carboxylic acids is 1. The number of carbonyl (C=O) groups is 1. The number of amides is 1. The van der Waals surface area contributed by atoms with Crippen LogP contribution in [0.2, 0.25) is 10.0 Å². The molecule has 1 aromatic carbocycles. The van der Waals surface area contributed by atoms with Crippen LogP contribution >= 0.6 is 23.2 Å². The monoisotopic (exact) mass is 334 g/mol. The number of halogens is 3. The van der Waals surface area contributed by atoms with Gasteiger partial charge in [-0.2, -0.15) is 0 Å². The lowest BCUT2D eigenvalue weighted by atomic mass is 9.86. The fourth-order valence-electron chi connectivity index (χ4n) is 2.54. The highest BCUT2D eigenvalue weighted by Gasteiger charge is 2.24. The molecule has 0 radical (unpaired) electrons.